The quantitative estimate of drug-likeness (QED) is 0.783. The topological polar surface area (TPSA) is 61.9 Å². The highest BCUT2D eigenvalue weighted by Crippen LogP contribution is 2.33. The number of aryl methyl sites for hydroxylation is 1. The summed E-state index contributed by atoms with van der Waals surface area (Å²) in [6.07, 6.45) is 0.390. The summed E-state index contributed by atoms with van der Waals surface area (Å²) in [5.41, 5.74) is 3.06. The molecule has 0 aliphatic carbocycles. The lowest BCUT2D eigenvalue weighted by Gasteiger charge is -2.32. The van der Waals surface area contributed by atoms with E-state index in [1.165, 1.54) is 10.5 Å². The molecule has 6 nitrogen and oxygen atoms in total. The molecule has 0 saturated heterocycles. The molecule has 0 fully saturated rings. The Balaban J connectivity index is 1.67. The van der Waals surface area contributed by atoms with Gasteiger partial charge in [0.05, 0.1) is 11.7 Å². The predicted octanol–water partition coefficient (Wildman–Crippen LogP) is 2.78. The molecule has 1 aliphatic heterocycles. The molecule has 6 heteroatoms. The second kappa shape index (κ2) is 9.09. The van der Waals surface area contributed by atoms with Crippen molar-refractivity contribution in [3.8, 4) is 5.75 Å². The molecule has 0 spiro atoms. The first-order valence-electron chi connectivity index (χ1n) is 9.99. The zero-order valence-corrected chi connectivity index (χ0v) is 17.5. The van der Waals surface area contributed by atoms with Gasteiger partial charge in [-0.05, 0) is 50.7 Å². The Bertz CT molecular complexity index is 864. The molecule has 0 saturated carbocycles. The zero-order valence-electron chi connectivity index (χ0n) is 17.5. The standard InChI is InChI=1S/C23H29N3O3/c1-5-17-10-12-18(13-11-17)20(25(3)4)14-24-22(27)15-26-19-8-6-7-9-21(19)29-16(2)23(26)28/h6-13,16,20H,5,14-15H2,1-4H3,(H,24,27). The summed E-state index contributed by atoms with van der Waals surface area (Å²) >= 11 is 0. The van der Waals surface area contributed by atoms with Crippen molar-refractivity contribution in [3.63, 3.8) is 0 Å². The summed E-state index contributed by atoms with van der Waals surface area (Å²) in [6, 6.07) is 15.8. The molecule has 154 valence electrons. The highest BCUT2D eigenvalue weighted by atomic mass is 16.5. The van der Waals surface area contributed by atoms with Gasteiger partial charge in [0.25, 0.3) is 5.91 Å². The number of nitrogens with one attached hydrogen (secondary N) is 1. The second-order valence-electron chi connectivity index (χ2n) is 7.53. The first kappa shape index (κ1) is 20.9. The third-order valence-corrected chi connectivity index (χ3v) is 5.26. The Morgan fingerprint density at radius 3 is 2.52 bits per heavy atom. The fourth-order valence-electron chi connectivity index (χ4n) is 3.51. The Kier molecular flexibility index (Phi) is 6.54. The van der Waals surface area contributed by atoms with Crippen LogP contribution in [0.1, 0.15) is 31.0 Å². The van der Waals surface area contributed by atoms with Crippen LogP contribution in [-0.4, -0.2) is 50.0 Å². The predicted molar refractivity (Wildman–Crippen MR) is 114 cm³/mol. The molecule has 1 heterocycles. The molecular weight excluding hydrogens is 366 g/mol. The molecule has 2 unspecified atom stereocenters. The van der Waals surface area contributed by atoms with E-state index >= 15 is 0 Å². The van der Waals surface area contributed by atoms with E-state index in [9.17, 15) is 9.59 Å². The number of hydrogen-bond donors (Lipinski definition) is 1. The number of fused-ring (bicyclic) bond motifs is 1. The fourth-order valence-corrected chi connectivity index (χ4v) is 3.51. The third-order valence-electron chi connectivity index (χ3n) is 5.26. The van der Waals surface area contributed by atoms with Gasteiger partial charge < -0.3 is 15.0 Å². The number of likely N-dealkylation sites (N-methyl/N-ethyl adjacent to an activating group) is 1. The molecule has 1 N–H and O–H groups in total. The highest BCUT2D eigenvalue weighted by Gasteiger charge is 2.32. The van der Waals surface area contributed by atoms with Crippen molar-refractivity contribution in [1.82, 2.24) is 10.2 Å². The van der Waals surface area contributed by atoms with Crippen LogP contribution in [0.3, 0.4) is 0 Å². The summed E-state index contributed by atoms with van der Waals surface area (Å²) in [6.45, 7) is 4.27. The Labute approximate surface area is 172 Å². The van der Waals surface area contributed by atoms with E-state index in [1.807, 2.05) is 32.3 Å². The van der Waals surface area contributed by atoms with Crippen LogP contribution in [0.2, 0.25) is 0 Å². The number of amides is 2. The van der Waals surface area contributed by atoms with Crippen LogP contribution in [0.5, 0.6) is 5.75 Å². The largest absolute Gasteiger partial charge is 0.479 e. The van der Waals surface area contributed by atoms with E-state index in [1.54, 1.807) is 13.0 Å². The molecule has 0 aromatic heterocycles. The number of hydrogen-bond acceptors (Lipinski definition) is 4. The van der Waals surface area contributed by atoms with Gasteiger partial charge in [0.2, 0.25) is 5.91 Å². The van der Waals surface area contributed by atoms with Crippen LogP contribution in [0.4, 0.5) is 5.69 Å². The minimum atomic E-state index is -0.607. The first-order chi connectivity index (χ1) is 13.9. The number of ether oxygens (including phenoxy) is 1. The number of rotatable bonds is 7. The maximum atomic E-state index is 12.7. The lowest BCUT2D eigenvalue weighted by atomic mass is 10.0. The van der Waals surface area contributed by atoms with Gasteiger partial charge in [-0.25, -0.2) is 0 Å². The second-order valence-corrected chi connectivity index (χ2v) is 7.53. The van der Waals surface area contributed by atoms with Gasteiger partial charge in [-0.15, -0.1) is 0 Å². The van der Waals surface area contributed by atoms with Crippen LogP contribution in [0.25, 0.3) is 0 Å². The van der Waals surface area contributed by atoms with Crippen molar-refractivity contribution in [3.05, 3.63) is 59.7 Å². The molecule has 3 rings (SSSR count). The summed E-state index contributed by atoms with van der Waals surface area (Å²) < 4.78 is 5.63. The average molecular weight is 396 g/mol. The van der Waals surface area contributed by atoms with Crippen molar-refractivity contribution >= 4 is 17.5 Å². The molecule has 2 aromatic rings. The highest BCUT2D eigenvalue weighted by molar-refractivity contribution is 6.03. The maximum absolute atomic E-state index is 12.7. The summed E-state index contributed by atoms with van der Waals surface area (Å²) in [7, 11) is 3.99. The summed E-state index contributed by atoms with van der Waals surface area (Å²) in [5, 5.41) is 2.99. The molecule has 1 aliphatic rings. The molecular formula is C23H29N3O3. The number of para-hydroxylation sites is 2. The number of carbonyl (C=O) groups is 2. The molecule has 2 atom stereocenters. The molecule has 29 heavy (non-hydrogen) atoms. The van der Waals surface area contributed by atoms with Gasteiger partial charge in [0, 0.05) is 6.54 Å². The first-order valence-corrected chi connectivity index (χ1v) is 9.99. The summed E-state index contributed by atoms with van der Waals surface area (Å²) in [5.74, 6) is 0.215. The fraction of sp³-hybridized carbons (Fsp3) is 0.391. The zero-order chi connectivity index (χ0) is 21.0. The van der Waals surface area contributed by atoms with E-state index < -0.39 is 6.10 Å². The molecule has 0 radical (unpaired) electrons. The SMILES string of the molecule is CCc1ccc(C(CNC(=O)CN2C(=O)C(C)Oc3ccccc32)N(C)C)cc1. The lowest BCUT2D eigenvalue weighted by molar-refractivity contribution is -0.128. The summed E-state index contributed by atoms with van der Waals surface area (Å²) in [4.78, 5) is 28.8. The molecule has 0 bridgehead atoms. The average Bonchev–Trinajstić information content (AvgIpc) is 2.71. The Morgan fingerprint density at radius 1 is 1.17 bits per heavy atom. The van der Waals surface area contributed by atoms with E-state index in [4.69, 9.17) is 4.74 Å². The van der Waals surface area contributed by atoms with Crippen molar-refractivity contribution in [2.75, 3.05) is 32.1 Å². The van der Waals surface area contributed by atoms with E-state index in [-0.39, 0.29) is 24.4 Å². The number of anilines is 1. The van der Waals surface area contributed by atoms with Gasteiger partial charge in [-0.1, -0.05) is 43.3 Å². The van der Waals surface area contributed by atoms with Crippen molar-refractivity contribution < 1.29 is 14.3 Å². The minimum absolute atomic E-state index is 0.0293. The van der Waals surface area contributed by atoms with Crippen molar-refractivity contribution in [2.24, 2.45) is 0 Å². The van der Waals surface area contributed by atoms with Gasteiger partial charge in [0.15, 0.2) is 6.10 Å². The van der Waals surface area contributed by atoms with Crippen LogP contribution in [0, 0.1) is 0 Å². The smallest absolute Gasteiger partial charge is 0.268 e. The van der Waals surface area contributed by atoms with Gasteiger partial charge in [0.1, 0.15) is 12.3 Å². The van der Waals surface area contributed by atoms with E-state index in [2.05, 4.69) is 41.4 Å². The number of benzene rings is 2. The monoisotopic (exact) mass is 395 g/mol. The van der Waals surface area contributed by atoms with Gasteiger partial charge >= 0.3 is 0 Å². The van der Waals surface area contributed by atoms with Crippen molar-refractivity contribution in [1.29, 1.82) is 0 Å². The van der Waals surface area contributed by atoms with E-state index in [0.29, 0.717) is 18.0 Å². The molecule has 2 amide bonds. The van der Waals surface area contributed by atoms with Gasteiger partial charge in [-0.2, -0.15) is 0 Å². The van der Waals surface area contributed by atoms with Crippen LogP contribution >= 0.6 is 0 Å². The van der Waals surface area contributed by atoms with Crippen molar-refractivity contribution in [2.45, 2.75) is 32.4 Å². The van der Waals surface area contributed by atoms with Gasteiger partial charge in [-0.3, -0.25) is 14.5 Å². The lowest BCUT2D eigenvalue weighted by Crippen LogP contribution is -2.49. The van der Waals surface area contributed by atoms with Crippen LogP contribution < -0.4 is 15.0 Å². The third kappa shape index (κ3) is 4.77. The number of nitrogens with zero attached hydrogens (tertiary/aromatic N) is 2. The van der Waals surface area contributed by atoms with Crippen LogP contribution in [0.15, 0.2) is 48.5 Å². The van der Waals surface area contributed by atoms with Crippen LogP contribution in [-0.2, 0) is 16.0 Å². The molecule has 2 aromatic carbocycles. The Hall–Kier alpha value is -2.86. The van der Waals surface area contributed by atoms with E-state index in [0.717, 1.165) is 12.0 Å². The maximum Gasteiger partial charge on any atom is 0.268 e. The Morgan fingerprint density at radius 2 is 1.86 bits per heavy atom. The number of carbonyl (C=O) groups excluding carboxylic acids is 2. The minimum Gasteiger partial charge on any atom is -0.479 e. The normalized spacial score (nSPS) is 16.9.